The summed E-state index contributed by atoms with van der Waals surface area (Å²) in [6, 6.07) is 17.1. The fourth-order valence-electron chi connectivity index (χ4n) is 4.58. The predicted molar refractivity (Wildman–Crippen MR) is 161 cm³/mol. The number of aromatic nitrogens is 2. The molecule has 0 bridgehead atoms. The Bertz CT molecular complexity index is 1870. The maximum Gasteiger partial charge on any atom is 0.296 e. The van der Waals surface area contributed by atoms with Crippen LogP contribution in [0.1, 0.15) is 27.7 Å². The van der Waals surface area contributed by atoms with Crippen molar-refractivity contribution in [3.8, 4) is 11.5 Å². The number of carbonyl (C=O) groups is 2. The van der Waals surface area contributed by atoms with Crippen LogP contribution in [0.2, 0.25) is 10.0 Å². The fourth-order valence-corrected chi connectivity index (χ4v) is 7.00. The lowest BCUT2D eigenvalue weighted by Gasteiger charge is -2.24. The molecule has 0 fully saturated rings. The van der Waals surface area contributed by atoms with Crippen LogP contribution in [0.3, 0.4) is 0 Å². The Balaban J connectivity index is 1.38. The number of phenols is 1. The second-order valence-electron chi connectivity index (χ2n) is 9.12. The normalized spacial score (nSPS) is 15.2. The van der Waals surface area contributed by atoms with Gasteiger partial charge in [0.05, 0.1) is 18.7 Å². The number of ether oxygens (including phenoxy) is 1. The van der Waals surface area contributed by atoms with E-state index in [4.69, 9.17) is 32.4 Å². The standard InChI is InChI=1S/C29H19Cl2N3O6S2/c1-39-21-11-15(7-9-19(21)35)24-23(25(36)22-10-14-4-2-3-5-20(14)40-22)26(37)27(38)34(24)28-32-33-29(42-28)41-13-16-6-8-17(30)12-18(16)31/h2-12,24,35,37H,13H2,1H3. The Labute approximate surface area is 257 Å². The van der Waals surface area contributed by atoms with Crippen LogP contribution in [0.25, 0.3) is 11.0 Å². The van der Waals surface area contributed by atoms with Crippen LogP contribution in [0.4, 0.5) is 5.13 Å². The molecule has 3 aromatic carbocycles. The summed E-state index contributed by atoms with van der Waals surface area (Å²) in [4.78, 5) is 28.6. The number of aliphatic hydroxyl groups excluding tert-OH is 1. The van der Waals surface area contributed by atoms with Crippen LogP contribution in [-0.2, 0) is 10.5 Å². The van der Waals surface area contributed by atoms with Gasteiger partial charge in [-0.15, -0.1) is 10.2 Å². The third-order valence-corrected chi connectivity index (χ3v) is 9.28. The highest BCUT2D eigenvalue weighted by molar-refractivity contribution is 8.00. The molecule has 1 aliphatic rings. The van der Waals surface area contributed by atoms with Crippen LogP contribution in [0.15, 0.2) is 86.8 Å². The summed E-state index contributed by atoms with van der Waals surface area (Å²) in [6.45, 7) is 0. The van der Waals surface area contributed by atoms with Gasteiger partial charge in [-0.25, -0.2) is 0 Å². The van der Waals surface area contributed by atoms with Gasteiger partial charge in [-0.3, -0.25) is 14.5 Å². The molecule has 1 atom stereocenters. The molecule has 0 saturated carbocycles. The minimum Gasteiger partial charge on any atom is -0.504 e. The number of furan rings is 1. The molecule has 0 spiro atoms. The monoisotopic (exact) mass is 639 g/mol. The molecule has 5 aromatic rings. The quantitative estimate of drug-likeness (QED) is 0.102. The van der Waals surface area contributed by atoms with E-state index in [1.54, 1.807) is 42.5 Å². The number of anilines is 1. The smallest absolute Gasteiger partial charge is 0.296 e. The van der Waals surface area contributed by atoms with Gasteiger partial charge in [0, 0.05) is 21.2 Å². The highest BCUT2D eigenvalue weighted by Gasteiger charge is 2.47. The number of amides is 1. The summed E-state index contributed by atoms with van der Waals surface area (Å²) in [5, 5.41) is 31.6. The number of rotatable bonds is 8. The number of hydrogen-bond donors (Lipinski definition) is 2. The third kappa shape index (κ3) is 5.09. The number of carbonyl (C=O) groups excluding carboxylic acids is 2. The van der Waals surface area contributed by atoms with Gasteiger partial charge in [-0.1, -0.05) is 76.6 Å². The van der Waals surface area contributed by atoms with E-state index in [-0.39, 0.29) is 28.0 Å². The third-order valence-electron chi connectivity index (χ3n) is 6.59. The Morgan fingerprint density at radius 3 is 2.67 bits per heavy atom. The fraction of sp³-hybridized carbons (Fsp3) is 0.103. The second kappa shape index (κ2) is 11.3. The summed E-state index contributed by atoms with van der Waals surface area (Å²) < 4.78 is 11.6. The minimum atomic E-state index is -1.12. The Morgan fingerprint density at radius 2 is 1.90 bits per heavy atom. The number of hydrogen-bond acceptors (Lipinski definition) is 10. The van der Waals surface area contributed by atoms with Gasteiger partial charge in [-0.2, -0.15) is 0 Å². The van der Waals surface area contributed by atoms with Gasteiger partial charge in [0.15, 0.2) is 27.4 Å². The van der Waals surface area contributed by atoms with Crippen LogP contribution < -0.4 is 9.64 Å². The van der Waals surface area contributed by atoms with Crippen molar-refractivity contribution in [3.63, 3.8) is 0 Å². The lowest BCUT2D eigenvalue weighted by atomic mass is 9.95. The molecule has 1 amide bonds. The number of Topliss-reactive ketones (excluding diaryl/α,β-unsaturated/α-hetero) is 1. The van der Waals surface area contributed by atoms with Gasteiger partial charge in [0.1, 0.15) is 5.58 Å². The minimum absolute atomic E-state index is 0.0449. The molecular weight excluding hydrogens is 621 g/mol. The molecule has 3 heterocycles. The number of para-hydroxylation sites is 1. The van der Waals surface area contributed by atoms with E-state index < -0.39 is 23.5 Å². The number of methoxy groups -OCH3 is 1. The van der Waals surface area contributed by atoms with Crippen LogP contribution >= 0.6 is 46.3 Å². The Kier molecular flexibility index (Phi) is 7.58. The Hall–Kier alpha value is -4.03. The van der Waals surface area contributed by atoms with Crippen molar-refractivity contribution >= 4 is 74.1 Å². The highest BCUT2D eigenvalue weighted by Crippen LogP contribution is 2.45. The number of thioether (sulfide) groups is 1. The van der Waals surface area contributed by atoms with E-state index >= 15 is 0 Å². The molecule has 0 saturated heterocycles. The van der Waals surface area contributed by atoms with Crippen molar-refractivity contribution in [2.45, 2.75) is 16.1 Å². The molecule has 6 rings (SSSR count). The van der Waals surface area contributed by atoms with E-state index in [0.717, 1.165) is 16.9 Å². The number of benzene rings is 3. The first kappa shape index (κ1) is 28.1. The molecule has 9 nitrogen and oxygen atoms in total. The molecule has 1 aliphatic heterocycles. The van der Waals surface area contributed by atoms with E-state index in [2.05, 4.69) is 10.2 Å². The highest BCUT2D eigenvalue weighted by atomic mass is 35.5. The molecule has 42 heavy (non-hydrogen) atoms. The number of aliphatic hydroxyl groups is 1. The van der Waals surface area contributed by atoms with Crippen molar-refractivity contribution < 1.29 is 29.0 Å². The number of ketones is 1. The molecule has 2 N–H and O–H groups in total. The topological polar surface area (TPSA) is 126 Å². The second-order valence-corrected chi connectivity index (χ2v) is 12.1. The summed E-state index contributed by atoms with van der Waals surface area (Å²) >= 11 is 14.8. The SMILES string of the molecule is COc1cc(C2C(C(=O)c3cc4ccccc4o3)=C(O)C(=O)N2c2nnc(SCc3ccc(Cl)cc3Cl)s2)ccc1O. The number of fused-ring (bicyclic) bond motifs is 1. The first-order chi connectivity index (χ1) is 20.2. The van der Waals surface area contributed by atoms with Gasteiger partial charge in [-0.05, 0) is 47.5 Å². The van der Waals surface area contributed by atoms with E-state index in [0.29, 0.717) is 36.7 Å². The summed E-state index contributed by atoms with van der Waals surface area (Å²) in [5.74, 6) is -1.84. The molecule has 0 aliphatic carbocycles. The molecule has 2 aromatic heterocycles. The van der Waals surface area contributed by atoms with Crippen LogP contribution in [-0.4, -0.2) is 39.2 Å². The largest absolute Gasteiger partial charge is 0.504 e. The van der Waals surface area contributed by atoms with Crippen molar-refractivity contribution in [2.24, 2.45) is 0 Å². The van der Waals surface area contributed by atoms with Gasteiger partial charge in [0.25, 0.3) is 5.91 Å². The summed E-state index contributed by atoms with van der Waals surface area (Å²) in [5.41, 5.74) is 1.51. The zero-order chi connectivity index (χ0) is 29.5. The Morgan fingerprint density at radius 1 is 1.10 bits per heavy atom. The van der Waals surface area contributed by atoms with E-state index in [1.807, 2.05) is 6.07 Å². The maximum absolute atomic E-state index is 13.8. The number of aromatic hydroxyl groups is 1. The first-order valence-electron chi connectivity index (χ1n) is 12.3. The van der Waals surface area contributed by atoms with E-state index in [9.17, 15) is 19.8 Å². The van der Waals surface area contributed by atoms with Crippen molar-refractivity contribution in [3.05, 3.63) is 105 Å². The molecule has 13 heteroatoms. The van der Waals surface area contributed by atoms with Crippen molar-refractivity contribution in [1.82, 2.24) is 10.2 Å². The molecule has 0 radical (unpaired) electrons. The zero-order valence-corrected chi connectivity index (χ0v) is 24.7. The number of phenolic OH excluding ortho intramolecular Hbond substituents is 1. The lowest BCUT2D eigenvalue weighted by Crippen LogP contribution is -2.31. The average molecular weight is 641 g/mol. The van der Waals surface area contributed by atoms with Crippen molar-refractivity contribution in [2.75, 3.05) is 12.0 Å². The predicted octanol–water partition coefficient (Wildman–Crippen LogP) is 7.38. The van der Waals surface area contributed by atoms with Crippen LogP contribution in [0, 0.1) is 0 Å². The van der Waals surface area contributed by atoms with Crippen molar-refractivity contribution in [1.29, 1.82) is 0 Å². The molecular formula is C29H19Cl2N3O6S2. The average Bonchev–Trinajstić information content (AvgIpc) is 3.69. The summed E-state index contributed by atoms with van der Waals surface area (Å²) in [6.07, 6.45) is 0. The van der Waals surface area contributed by atoms with E-state index in [1.165, 1.54) is 42.0 Å². The number of nitrogens with zero attached hydrogens (tertiary/aromatic N) is 3. The maximum atomic E-state index is 13.8. The van der Waals surface area contributed by atoms with Gasteiger partial charge >= 0.3 is 0 Å². The van der Waals surface area contributed by atoms with Gasteiger partial charge in [0.2, 0.25) is 10.9 Å². The van der Waals surface area contributed by atoms with Gasteiger partial charge < -0.3 is 19.4 Å². The molecule has 212 valence electrons. The lowest BCUT2D eigenvalue weighted by molar-refractivity contribution is -0.117. The molecule has 1 unspecified atom stereocenters. The number of halogens is 2. The van der Waals surface area contributed by atoms with Crippen LogP contribution in [0.5, 0.6) is 11.5 Å². The first-order valence-corrected chi connectivity index (χ1v) is 14.9. The zero-order valence-electron chi connectivity index (χ0n) is 21.6. The summed E-state index contributed by atoms with van der Waals surface area (Å²) in [7, 11) is 1.38.